The van der Waals surface area contributed by atoms with Crippen molar-refractivity contribution in [3.63, 3.8) is 0 Å². The molecule has 0 saturated heterocycles. The van der Waals surface area contributed by atoms with Gasteiger partial charge in [0.1, 0.15) is 36.1 Å². The number of methoxy groups -OCH3 is 1. The van der Waals surface area contributed by atoms with Gasteiger partial charge in [0.2, 0.25) is 0 Å². The number of ether oxygens (including phenoxy) is 3. The standard InChI is InChI=1S/C20H21NO3/c1-4-12-23-17-11-10-16(20(14-17)24-13-5-2)15-21-18-8-6-7-9-19(18)22-3/h4-11,14-15H,1-2,12-13H2,3H3. The van der Waals surface area contributed by atoms with E-state index < -0.39 is 0 Å². The molecule has 24 heavy (non-hydrogen) atoms. The predicted molar refractivity (Wildman–Crippen MR) is 98.1 cm³/mol. The molecular formula is C20H21NO3. The van der Waals surface area contributed by atoms with Crippen LogP contribution in [0.2, 0.25) is 0 Å². The van der Waals surface area contributed by atoms with Gasteiger partial charge in [-0.2, -0.15) is 0 Å². The molecule has 0 N–H and O–H groups in total. The van der Waals surface area contributed by atoms with Crippen molar-refractivity contribution in [1.29, 1.82) is 0 Å². The van der Waals surface area contributed by atoms with Crippen LogP contribution in [0.15, 0.2) is 72.8 Å². The number of hydrogen-bond donors (Lipinski definition) is 0. The van der Waals surface area contributed by atoms with Crippen molar-refractivity contribution in [2.24, 2.45) is 4.99 Å². The van der Waals surface area contributed by atoms with Gasteiger partial charge in [-0.15, -0.1) is 0 Å². The van der Waals surface area contributed by atoms with E-state index in [4.69, 9.17) is 14.2 Å². The summed E-state index contributed by atoms with van der Waals surface area (Å²) in [4.78, 5) is 4.50. The Balaban J connectivity index is 2.28. The minimum Gasteiger partial charge on any atom is -0.494 e. The third-order valence-corrected chi connectivity index (χ3v) is 3.14. The Morgan fingerprint density at radius 2 is 1.71 bits per heavy atom. The van der Waals surface area contributed by atoms with Crippen LogP contribution in [0.5, 0.6) is 17.2 Å². The maximum atomic E-state index is 5.71. The fourth-order valence-corrected chi connectivity index (χ4v) is 2.02. The van der Waals surface area contributed by atoms with Gasteiger partial charge in [0.25, 0.3) is 0 Å². The summed E-state index contributed by atoms with van der Waals surface area (Å²) in [6.45, 7) is 8.16. The monoisotopic (exact) mass is 323 g/mol. The minimum atomic E-state index is 0.403. The molecule has 0 aromatic heterocycles. The van der Waals surface area contributed by atoms with Crippen LogP contribution in [-0.4, -0.2) is 26.5 Å². The van der Waals surface area contributed by atoms with Gasteiger partial charge in [-0.05, 0) is 24.3 Å². The third kappa shape index (κ3) is 4.74. The molecule has 4 heteroatoms. The Morgan fingerprint density at radius 3 is 2.46 bits per heavy atom. The molecule has 2 aromatic rings. The lowest BCUT2D eigenvalue weighted by molar-refractivity contribution is 0.344. The lowest BCUT2D eigenvalue weighted by atomic mass is 10.2. The Labute approximate surface area is 142 Å². The summed E-state index contributed by atoms with van der Waals surface area (Å²) >= 11 is 0. The summed E-state index contributed by atoms with van der Waals surface area (Å²) in [5.74, 6) is 2.10. The van der Waals surface area contributed by atoms with E-state index >= 15 is 0 Å². The van der Waals surface area contributed by atoms with Crippen LogP contribution < -0.4 is 14.2 Å². The van der Waals surface area contributed by atoms with E-state index in [-0.39, 0.29) is 0 Å². The quantitative estimate of drug-likeness (QED) is 0.501. The van der Waals surface area contributed by atoms with E-state index in [1.807, 2.05) is 42.5 Å². The van der Waals surface area contributed by atoms with Crippen molar-refractivity contribution < 1.29 is 14.2 Å². The topological polar surface area (TPSA) is 40.0 Å². The Hall–Kier alpha value is -3.01. The zero-order valence-corrected chi connectivity index (χ0v) is 13.8. The number of para-hydroxylation sites is 2. The largest absolute Gasteiger partial charge is 0.494 e. The highest BCUT2D eigenvalue weighted by atomic mass is 16.5. The van der Waals surface area contributed by atoms with Gasteiger partial charge in [0.15, 0.2) is 0 Å². The Kier molecular flexibility index (Phi) is 6.65. The van der Waals surface area contributed by atoms with Crippen LogP contribution in [0.1, 0.15) is 5.56 Å². The molecule has 0 radical (unpaired) electrons. The first-order chi connectivity index (χ1) is 11.8. The minimum absolute atomic E-state index is 0.403. The normalized spacial score (nSPS) is 10.4. The first-order valence-corrected chi connectivity index (χ1v) is 7.57. The first-order valence-electron chi connectivity index (χ1n) is 7.57. The van der Waals surface area contributed by atoms with E-state index in [2.05, 4.69) is 18.2 Å². The van der Waals surface area contributed by atoms with Crippen molar-refractivity contribution in [1.82, 2.24) is 0 Å². The number of aliphatic imine (C=N–C) groups is 1. The molecule has 0 amide bonds. The SMILES string of the molecule is C=CCOc1ccc(C=Nc2ccccc2OC)c(OCC=C)c1. The Bertz CT molecular complexity index is 723. The van der Waals surface area contributed by atoms with Gasteiger partial charge in [0.05, 0.1) is 7.11 Å². The molecule has 0 aliphatic carbocycles. The maximum absolute atomic E-state index is 5.71. The molecule has 0 unspecified atom stereocenters. The van der Waals surface area contributed by atoms with E-state index in [9.17, 15) is 0 Å². The molecule has 0 bridgehead atoms. The third-order valence-electron chi connectivity index (χ3n) is 3.14. The molecule has 2 aromatic carbocycles. The highest BCUT2D eigenvalue weighted by Gasteiger charge is 2.05. The zero-order valence-electron chi connectivity index (χ0n) is 13.8. The number of nitrogens with zero attached hydrogens (tertiary/aromatic N) is 1. The van der Waals surface area contributed by atoms with Gasteiger partial charge in [0, 0.05) is 17.8 Å². The van der Waals surface area contributed by atoms with Crippen molar-refractivity contribution in [3.05, 3.63) is 73.3 Å². The fourth-order valence-electron chi connectivity index (χ4n) is 2.02. The summed E-state index contributed by atoms with van der Waals surface area (Å²) in [6, 6.07) is 13.2. The highest BCUT2D eigenvalue weighted by Crippen LogP contribution is 2.28. The van der Waals surface area contributed by atoms with Gasteiger partial charge in [-0.1, -0.05) is 37.4 Å². The van der Waals surface area contributed by atoms with Crippen LogP contribution in [0.25, 0.3) is 0 Å². The van der Waals surface area contributed by atoms with Gasteiger partial charge in [-0.3, -0.25) is 4.99 Å². The molecule has 2 rings (SSSR count). The molecule has 0 fully saturated rings. The molecule has 0 atom stereocenters. The second kappa shape index (κ2) is 9.20. The lowest BCUT2D eigenvalue weighted by Gasteiger charge is -2.10. The molecule has 0 spiro atoms. The first kappa shape index (κ1) is 17.3. The number of hydrogen-bond acceptors (Lipinski definition) is 4. The average Bonchev–Trinajstić information content (AvgIpc) is 2.63. The van der Waals surface area contributed by atoms with Gasteiger partial charge >= 0.3 is 0 Å². The number of rotatable bonds is 9. The predicted octanol–water partition coefficient (Wildman–Crippen LogP) is 4.58. The van der Waals surface area contributed by atoms with Crippen LogP contribution >= 0.6 is 0 Å². The fraction of sp³-hybridized carbons (Fsp3) is 0.150. The van der Waals surface area contributed by atoms with Crippen LogP contribution in [0.4, 0.5) is 5.69 Å². The summed E-state index contributed by atoms with van der Waals surface area (Å²) in [5, 5.41) is 0. The summed E-state index contributed by atoms with van der Waals surface area (Å²) < 4.78 is 16.6. The summed E-state index contributed by atoms with van der Waals surface area (Å²) in [7, 11) is 1.62. The van der Waals surface area contributed by atoms with Crippen LogP contribution in [0.3, 0.4) is 0 Å². The van der Waals surface area contributed by atoms with Crippen molar-refractivity contribution in [3.8, 4) is 17.2 Å². The summed E-state index contributed by atoms with van der Waals surface area (Å²) in [5.41, 5.74) is 1.59. The van der Waals surface area contributed by atoms with E-state index in [0.717, 1.165) is 11.3 Å². The maximum Gasteiger partial charge on any atom is 0.144 e. The van der Waals surface area contributed by atoms with Gasteiger partial charge in [-0.25, -0.2) is 0 Å². The zero-order chi connectivity index (χ0) is 17.2. The second-order valence-corrected chi connectivity index (χ2v) is 4.83. The van der Waals surface area contributed by atoms with Crippen LogP contribution in [0, 0.1) is 0 Å². The molecule has 0 aliphatic heterocycles. The molecule has 0 saturated carbocycles. The molecule has 0 aliphatic rings. The Morgan fingerprint density at radius 1 is 0.958 bits per heavy atom. The van der Waals surface area contributed by atoms with Crippen molar-refractivity contribution >= 4 is 11.9 Å². The number of benzene rings is 2. The molecule has 124 valence electrons. The second-order valence-electron chi connectivity index (χ2n) is 4.83. The molecule has 0 heterocycles. The van der Waals surface area contributed by atoms with E-state index in [0.29, 0.717) is 30.5 Å². The average molecular weight is 323 g/mol. The molecule has 4 nitrogen and oxygen atoms in total. The molecular weight excluding hydrogens is 302 g/mol. The van der Waals surface area contributed by atoms with Gasteiger partial charge < -0.3 is 14.2 Å². The van der Waals surface area contributed by atoms with Crippen molar-refractivity contribution in [2.75, 3.05) is 20.3 Å². The van der Waals surface area contributed by atoms with Crippen LogP contribution in [-0.2, 0) is 0 Å². The lowest BCUT2D eigenvalue weighted by Crippen LogP contribution is -1.99. The van der Waals surface area contributed by atoms with E-state index in [1.165, 1.54) is 0 Å². The smallest absolute Gasteiger partial charge is 0.144 e. The van der Waals surface area contributed by atoms with Crippen molar-refractivity contribution in [2.45, 2.75) is 0 Å². The van der Waals surface area contributed by atoms with E-state index in [1.54, 1.807) is 25.5 Å². The summed E-state index contributed by atoms with van der Waals surface area (Å²) in [6.07, 6.45) is 5.13. The highest BCUT2D eigenvalue weighted by molar-refractivity contribution is 5.86.